The molecule has 18 heavy (non-hydrogen) atoms. The maximum atomic E-state index is 11.7. The molecule has 0 radical (unpaired) electrons. The summed E-state index contributed by atoms with van der Waals surface area (Å²) >= 11 is 0. The fraction of sp³-hybridized carbons (Fsp3) is 0.462. The minimum Gasteiger partial charge on any atom is -0.504 e. The summed E-state index contributed by atoms with van der Waals surface area (Å²) in [6.45, 7) is 4.78. The van der Waals surface area contributed by atoms with E-state index >= 15 is 0 Å². The van der Waals surface area contributed by atoms with Crippen molar-refractivity contribution in [2.24, 2.45) is 0 Å². The van der Waals surface area contributed by atoms with Crippen LogP contribution in [0.5, 0.6) is 11.5 Å². The number of phenolic OH excluding ortho intramolecular Hbond substituents is 1. The van der Waals surface area contributed by atoms with Gasteiger partial charge < -0.3 is 20.5 Å². The Balaban J connectivity index is 2.57. The first kappa shape index (κ1) is 14.3. The van der Waals surface area contributed by atoms with Crippen molar-refractivity contribution in [3.63, 3.8) is 0 Å². The van der Waals surface area contributed by atoms with Crippen LogP contribution in [0.4, 0.5) is 5.69 Å². The Labute approximate surface area is 107 Å². The van der Waals surface area contributed by atoms with Crippen molar-refractivity contribution in [1.29, 1.82) is 0 Å². The number of carbonyl (C=O) groups is 1. The first-order valence-electron chi connectivity index (χ1n) is 5.97. The molecule has 0 spiro atoms. The molecule has 5 nitrogen and oxygen atoms in total. The number of aromatic hydroxyl groups is 1. The van der Waals surface area contributed by atoms with Crippen molar-refractivity contribution in [3.05, 3.63) is 18.2 Å². The monoisotopic (exact) mass is 252 g/mol. The molecule has 0 aliphatic carbocycles. The van der Waals surface area contributed by atoms with Gasteiger partial charge in [0.1, 0.15) is 0 Å². The van der Waals surface area contributed by atoms with E-state index in [-0.39, 0.29) is 17.7 Å². The zero-order valence-corrected chi connectivity index (χ0v) is 11.0. The number of benzene rings is 1. The van der Waals surface area contributed by atoms with E-state index in [1.165, 1.54) is 13.2 Å². The lowest BCUT2D eigenvalue weighted by Crippen LogP contribution is -2.30. The summed E-state index contributed by atoms with van der Waals surface area (Å²) in [7, 11) is 1.48. The lowest BCUT2D eigenvalue weighted by atomic mass is 10.2. The maximum Gasteiger partial charge on any atom is 0.225 e. The van der Waals surface area contributed by atoms with Crippen molar-refractivity contribution in [2.45, 2.75) is 26.3 Å². The van der Waals surface area contributed by atoms with Crippen LogP contribution in [0.3, 0.4) is 0 Å². The Kier molecular flexibility index (Phi) is 5.45. The Morgan fingerprint density at radius 3 is 2.78 bits per heavy atom. The predicted octanol–water partition coefficient (Wildman–Crippen LogP) is 1.73. The van der Waals surface area contributed by atoms with Crippen LogP contribution in [0.15, 0.2) is 18.2 Å². The minimum absolute atomic E-state index is 0.00929. The van der Waals surface area contributed by atoms with Crippen molar-refractivity contribution >= 4 is 11.6 Å². The van der Waals surface area contributed by atoms with Gasteiger partial charge in [-0.3, -0.25) is 4.79 Å². The molecule has 1 atom stereocenters. The number of nitrogens with one attached hydrogen (secondary N) is 2. The molecule has 5 heteroatoms. The summed E-state index contributed by atoms with van der Waals surface area (Å²) in [5, 5.41) is 15.5. The van der Waals surface area contributed by atoms with E-state index < -0.39 is 0 Å². The molecule has 100 valence electrons. The van der Waals surface area contributed by atoms with E-state index in [0.717, 1.165) is 6.54 Å². The molecule has 0 aliphatic heterocycles. The van der Waals surface area contributed by atoms with E-state index in [1.807, 2.05) is 13.8 Å². The number of carbonyl (C=O) groups excluding carboxylic acids is 1. The highest BCUT2D eigenvalue weighted by Gasteiger charge is 2.09. The lowest BCUT2D eigenvalue weighted by molar-refractivity contribution is -0.116. The predicted molar refractivity (Wildman–Crippen MR) is 71.0 cm³/mol. The van der Waals surface area contributed by atoms with Crippen LogP contribution >= 0.6 is 0 Å². The molecule has 0 fully saturated rings. The van der Waals surface area contributed by atoms with Gasteiger partial charge in [0.2, 0.25) is 5.91 Å². The highest BCUT2D eigenvalue weighted by molar-refractivity contribution is 5.91. The summed E-state index contributed by atoms with van der Waals surface area (Å²) in [6.07, 6.45) is 0.390. The first-order valence-corrected chi connectivity index (χ1v) is 5.97. The third kappa shape index (κ3) is 4.25. The molecular weight excluding hydrogens is 232 g/mol. The van der Waals surface area contributed by atoms with Crippen LogP contribution in [0.25, 0.3) is 0 Å². The normalized spacial score (nSPS) is 11.9. The number of hydrogen-bond acceptors (Lipinski definition) is 4. The summed E-state index contributed by atoms with van der Waals surface area (Å²) in [5.41, 5.74) is 0.557. The van der Waals surface area contributed by atoms with Crippen LogP contribution < -0.4 is 15.4 Å². The van der Waals surface area contributed by atoms with Crippen LogP contribution in [0, 0.1) is 0 Å². The molecule has 3 N–H and O–H groups in total. The van der Waals surface area contributed by atoms with E-state index in [9.17, 15) is 9.90 Å². The van der Waals surface area contributed by atoms with Gasteiger partial charge in [-0.05, 0) is 25.6 Å². The standard InChI is InChI=1S/C13H20N2O3/c1-4-14-9(2)7-13(17)15-10-5-6-12(18-3)11(16)8-10/h5-6,8-9,14,16H,4,7H2,1-3H3,(H,15,17). The molecule has 0 bridgehead atoms. The zero-order valence-electron chi connectivity index (χ0n) is 11.0. The highest BCUT2D eigenvalue weighted by Crippen LogP contribution is 2.28. The molecule has 0 saturated carbocycles. The van der Waals surface area contributed by atoms with Gasteiger partial charge in [-0.1, -0.05) is 6.92 Å². The van der Waals surface area contributed by atoms with E-state index in [0.29, 0.717) is 17.9 Å². The summed E-state index contributed by atoms with van der Waals surface area (Å²) in [4.78, 5) is 11.7. The molecule has 1 aromatic rings. The van der Waals surface area contributed by atoms with Crippen molar-refractivity contribution in [1.82, 2.24) is 5.32 Å². The van der Waals surface area contributed by atoms with Gasteiger partial charge in [-0.25, -0.2) is 0 Å². The average molecular weight is 252 g/mol. The third-order valence-electron chi connectivity index (χ3n) is 2.51. The second-order valence-corrected chi connectivity index (χ2v) is 4.10. The number of phenols is 1. The van der Waals surface area contributed by atoms with Crippen molar-refractivity contribution < 1.29 is 14.6 Å². The topological polar surface area (TPSA) is 70.6 Å². The molecule has 0 aromatic heterocycles. The quantitative estimate of drug-likeness (QED) is 0.721. The molecule has 0 saturated heterocycles. The van der Waals surface area contributed by atoms with Gasteiger partial charge >= 0.3 is 0 Å². The molecule has 1 aromatic carbocycles. The Hall–Kier alpha value is -1.75. The van der Waals surface area contributed by atoms with Gasteiger partial charge in [-0.15, -0.1) is 0 Å². The third-order valence-corrected chi connectivity index (χ3v) is 2.51. The number of methoxy groups -OCH3 is 1. The van der Waals surface area contributed by atoms with E-state index in [2.05, 4.69) is 10.6 Å². The average Bonchev–Trinajstić information content (AvgIpc) is 2.29. The number of ether oxygens (including phenoxy) is 1. The highest BCUT2D eigenvalue weighted by atomic mass is 16.5. The lowest BCUT2D eigenvalue weighted by Gasteiger charge is -2.12. The van der Waals surface area contributed by atoms with E-state index in [4.69, 9.17) is 4.74 Å². The fourth-order valence-electron chi connectivity index (χ4n) is 1.68. The largest absolute Gasteiger partial charge is 0.504 e. The van der Waals surface area contributed by atoms with Gasteiger partial charge in [-0.2, -0.15) is 0 Å². The van der Waals surface area contributed by atoms with Crippen LogP contribution in [0.1, 0.15) is 20.3 Å². The zero-order chi connectivity index (χ0) is 13.5. The molecule has 1 amide bonds. The molecule has 1 rings (SSSR count). The Morgan fingerprint density at radius 1 is 1.50 bits per heavy atom. The molecule has 0 heterocycles. The van der Waals surface area contributed by atoms with Gasteiger partial charge in [0, 0.05) is 24.2 Å². The van der Waals surface area contributed by atoms with Gasteiger partial charge in [0.15, 0.2) is 11.5 Å². The molecular formula is C13H20N2O3. The SMILES string of the molecule is CCNC(C)CC(=O)Nc1ccc(OC)c(O)c1. The smallest absolute Gasteiger partial charge is 0.225 e. The van der Waals surface area contributed by atoms with Crippen LogP contribution in [0.2, 0.25) is 0 Å². The second-order valence-electron chi connectivity index (χ2n) is 4.10. The molecule has 1 unspecified atom stereocenters. The fourth-order valence-corrected chi connectivity index (χ4v) is 1.68. The van der Waals surface area contributed by atoms with Crippen molar-refractivity contribution in [3.8, 4) is 11.5 Å². The number of hydrogen-bond donors (Lipinski definition) is 3. The Bertz CT molecular complexity index is 407. The maximum absolute atomic E-state index is 11.7. The second kappa shape index (κ2) is 6.86. The van der Waals surface area contributed by atoms with Gasteiger partial charge in [0.05, 0.1) is 7.11 Å². The number of amides is 1. The number of anilines is 1. The summed E-state index contributed by atoms with van der Waals surface area (Å²) in [6, 6.07) is 4.89. The Morgan fingerprint density at radius 2 is 2.22 bits per heavy atom. The van der Waals surface area contributed by atoms with E-state index in [1.54, 1.807) is 12.1 Å². The summed E-state index contributed by atoms with van der Waals surface area (Å²) < 4.78 is 4.93. The van der Waals surface area contributed by atoms with Crippen LogP contribution in [-0.2, 0) is 4.79 Å². The van der Waals surface area contributed by atoms with Crippen LogP contribution in [-0.4, -0.2) is 30.7 Å². The van der Waals surface area contributed by atoms with Crippen molar-refractivity contribution in [2.75, 3.05) is 19.0 Å². The summed E-state index contributed by atoms with van der Waals surface area (Å²) in [5.74, 6) is 0.303. The molecule has 0 aliphatic rings. The number of rotatable bonds is 6. The van der Waals surface area contributed by atoms with Gasteiger partial charge in [0.25, 0.3) is 0 Å². The minimum atomic E-state index is -0.0898. The first-order chi connectivity index (χ1) is 8.56.